The number of anilines is 1. The fourth-order valence-corrected chi connectivity index (χ4v) is 4.19. The SMILES string of the molecule is COCOc1cc(F)ccc1-c1cc(-c2cccc(C(=O)OC)c2)c(C#N)c(NC(=O)c2cccs2)n1. The van der Waals surface area contributed by atoms with Gasteiger partial charge in [-0.05, 0) is 47.3 Å². The smallest absolute Gasteiger partial charge is 0.337 e. The molecule has 2 aromatic carbocycles. The molecule has 8 nitrogen and oxygen atoms in total. The number of halogens is 1. The zero-order valence-electron chi connectivity index (χ0n) is 19.8. The molecule has 0 aliphatic heterocycles. The van der Waals surface area contributed by atoms with Gasteiger partial charge in [-0.25, -0.2) is 14.2 Å². The number of methoxy groups -OCH3 is 2. The number of thiophene rings is 1. The zero-order chi connectivity index (χ0) is 26.4. The van der Waals surface area contributed by atoms with E-state index in [0.29, 0.717) is 27.3 Å². The maximum absolute atomic E-state index is 14.0. The first-order chi connectivity index (χ1) is 17.9. The highest BCUT2D eigenvalue weighted by Gasteiger charge is 2.21. The minimum Gasteiger partial charge on any atom is -0.467 e. The molecule has 0 aliphatic rings. The minimum absolute atomic E-state index is 0.00103. The van der Waals surface area contributed by atoms with E-state index in [1.807, 2.05) is 0 Å². The highest BCUT2D eigenvalue weighted by Crippen LogP contribution is 2.37. The minimum atomic E-state index is -0.547. The van der Waals surface area contributed by atoms with E-state index >= 15 is 0 Å². The topological polar surface area (TPSA) is 111 Å². The molecule has 2 heterocycles. The second-order valence-electron chi connectivity index (χ2n) is 7.59. The number of hydrogen-bond donors (Lipinski definition) is 1. The van der Waals surface area contributed by atoms with Gasteiger partial charge in [0.05, 0.1) is 23.2 Å². The van der Waals surface area contributed by atoms with Gasteiger partial charge in [-0.3, -0.25) is 4.79 Å². The van der Waals surface area contributed by atoms with Crippen LogP contribution in [0.5, 0.6) is 5.75 Å². The average Bonchev–Trinajstić information content (AvgIpc) is 3.46. The van der Waals surface area contributed by atoms with Crippen molar-refractivity contribution in [1.29, 1.82) is 5.26 Å². The van der Waals surface area contributed by atoms with Gasteiger partial charge in [0.2, 0.25) is 0 Å². The van der Waals surface area contributed by atoms with Crippen LogP contribution in [0, 0.1) is 17.1 Å². The summed E-state index contributed by atoms with van der Waals surface area (Å²) in [6, 6.07) is 17.5. The number of rotatable bonds is 8. The number of amides is 1. The third-order valence-electron chi connectivity index (χ3n) is 5.25. The Balaban J connectivity index is 1.93. The largest absolute Gasteiger partial charge is 0.467 e. The van der Waals surface area contributed by atoms with Gasteiger partial charge in [0, 0.05) is 24.3 Å². The maximum atomic E-state index is 14.0. The van der Waals surface area contributed by atoms with Gasteiger partial charge in [-0.15, -0.1) is 11.3 Å². The van der Waals surface area contributed by atoms with Crippen LogP contribution in [0.1, 0.15) is 25.6 Å². The molecule has 0 fully saturated rings. The van der Waals surface area contributed by atoms with Gasteiger partial charge in [-0.2, -0.15) is 5.26 Å². The van der Waals surface area contributed by atoms with Crippen molar-refractivity contribution in [2.75, 3.05) is 26.3 Å². The number of pyridine rings is 1. The molecule has 0 atom stereocenters. The lowest BCUT2D eigenvalue weighted by molar-refractivity contribution is 0.0513. The molecule has 186 valence electrons. The standard InChI is InChI=1S/C27H20FN3O5S/c1-34-15-36-23-12-18(28)8-9-19(23)22-13-20(16-5-3-6-17(11-16)27(33)35-2)21(14-29)25(30-22)31-26(32)24-7-4-10-37-24/h3-13H,15H2,1-2H3,(H,30,31,32). The Kier molecular flexibility index (Phi) is 7.88. The molecule has 37 heavy (non-hydrogen) atoms. The quantitative estimate of drug-likeness (QED) is 0.242. The van der Waals surface area contributed by atoms with E-state index in [1.165, 1.54) is 43.8 Å². The highest BCUT2D eigenvalue weighted by atomic mass is 32.1. The van der Waals surface area contributed by atoms with E-state index in [4.69, 9.17) is 14.2 Å². The number of aromatic nitrogens is 1. The fraction of sp³-hybridized carbons (Fsp3) is 0.111. The van der Waals surface area contributed by atoms with Gasteiger partial charge in [0.15, 0.2) is 12.6 Å². The third kappa shape index (κ3) is 5.64. The summed E-state index contributed by atoms with van der Waals surface area (Å²) in [6.45, 7) is -0.136. The molecule has 1 amide bonds. The molecule has 0 saturated carbocycles. The van der Waals surface area contributed by atoms with Crippen LogP contribution in [-0.2, 0) is 9.47 Å². The molecule has 0 radical (unpaired) electrons. The Bertz CT molecular complexity index is 1500. The highest BCUT2D eigenvalue weighted by molar-refractivity contribution is 7.12. The van der Waals surface area contributed by atoms with E-state index in [1.54, 1.807) is 47.8 Å². The summed E-state index contributed by atoms with van der Waals surface area (Å²) in [5.41, 5.74) is 1.96. The summed E-state index contributed by atoms with van der Waals surface area (Å²) in [4.78, 5) is 30.0. The molecule has 4 aromatic rings. The predicted molar refractivity (Wildman–Crippen MR) is 136 cm³/mol. The Morgan fingerprint density at radius 2 is 1.92 bits per heavy atom. The molecule has 0 aliphatic carbocycles. The van der Waals surface area contributed by atoms with Crippen molar-refractivity contribution in [1.82, 2.24) is 4.98 Å². The van der Waals surface area contributed by atoms with Crippen LogP contribution in [0.4, 0.5) is 10.2 Å². The van der Waals surface area contributed by atoms with Crippen molar-refractivity contribution in [3.8, 4) is 34.2 Å². The monoisotopic (exact) mass is 517 g/mol. The van der Waals surface area contributed by atoms with Crippen LogP contribution < -0.4 is 10.1 Å². The average molecular weight is 518 g/mol. The normalized spacial score (nSPS) is 10.4. The molecule has 0 saturated heterocycles. The zero-order valence-corrected chi connectivity index (χ0v) is 20.6. The summed E-state index contributed by atoms with van der Waals surface area (Å²) in [5, 5.41) is 14.5. The van der Waals surface area contributed by atoms with Gasteiger partial charge < -0.3 is 19.5 Å². The van der Waals surface area contributed by atoms with Crippen LogP contribution in [0.15, 0.2) is 66.0 Å². The van der Waals surface area contributed by atoms with E-state index in [9.17, 15) is 19.2 Å². The lowest BCUT2D eigenvalue weighted by atomic mass is 9.96. The lowest BCUT2D eigenvalue weighted by Gasteiger charge is -2.16. The summed E-state index contributed by atoms with van der Waals surface area (Å²) >= 11 is 1.24. The van der Waals surface area contributed by atoms with Gasteiger partial charge in [0.25, 0.3) is 5.91 Å². The van der Waals surface area contributed by atoms with Crippen LogP contribution in [0.3, 0.4) is 0 Å². The molecule has 4 rings (SSSR count). The van der Waals surface area contributed by atoms with Crippen molar-refractivity contribution in [3.05, 3.63) is 87.9 Å². The number of carbonyl (C=O) groups is 2. The van der Waals surface area contributed by atoms with E-state index in [2.05, 4.69) is 16.4 Å². The van der Waals surface area contributed by atoms with Crippen molar-refractivity contribution in [2.24, 2.45) is 0 Å². The number of nitriles is 1. The van der Waals surface area contributed by atoms with Crippen LogP contribution in [0.2, 0.25) is 0 Å². The number of benzene rings is 2. The number of carbonyl (C=O) groups excluding carboxylic acids is 2. The number of hydrogen-bond acceptors (Lipinski definition) is 8. The van der Waals surface area contributed by atoms with E-state index in [-0.39, 0.29) is 29.5 Å². The molecule has 0 unspecified atom stereocenters. The molecule has 0 bridgehead atoms. The molecular weight excluding hydrogens is 497 g/mol. The van der Waals surface area contributed by atoms with Gasteiger partial charge >= 0.3 is 5.97 Å². The Morgan fingerprint density at radius 1 is 1.08 bits per heavy atom. The summed E-state index contributed by atoms with van der Waals surface area (Å²) in [6.07, 6.45) is 0. The first-order valence-corrected chi connectivity index (χ1v) is 11.7. The fourth-order valence-electron chi connectivity index (χ4n) is 3.57. The first kappa shape index (κ1) is 25.5. The number of nitrogens with one attached hydrogen (secondary N) is 1. The van der Waals surface area contributed by atoms with Gasteiger partial charge in [0.1, 0.15) is 23.2 Å². The Morgan fingerprint density at radius 3 is 2.62 bits per heavy atom. The van der Waals surface area contributed by atoms with E-state index < -0.39 is 17.7 Å². The van der Waals surface area contributed by atoms with Crippen molar-refractivity contribution >= 4 is 29.0 Å². The molecule has 2 aromatic heterocycles. The van der Waals surface area contributed by atoms with Crippen molar-refractivity contribution in [3.63, 3.8) is 0 Å². The predicted octanol–water partition coefficient (Wildman–Crippen LogP) is 5.51. The van der Waals surface area contributed by atoms with Crippen LogP contribution in [0.25, 0.3) is 22.4 Å². The number of ether oxygens (including phenoxy) is 3. The summed E-state index contributed by atoms with van der Waals surface area (Å²) < 4.78 is 29.4. The molecule has 10 heteroatoms. The molecule has 0 spiro atoms. The Hall–Kier alpha value is -4.59. The van der Waals surface area contributed by atoms with E-state index in [0.717, 1.165) is 0 Å². The molecule has 1 N–H and O–H groups in total. The second kappa shape index (κ2) is 11.4. The second-order valence-corrected chi connectivity index (χ2v) is 8.53. The Labute approximate surface area is 215 Å². The molecular formula is C27H20FN3O5S. The van der Waals surface area contributed by atoms with Gasteiger partial charge in [-0.1, -0.05) is 18.2 Å². The number of nitrogens with zero attached hydrogens (tertiary/aromatic N) is 2. The van der Waals surface area contributed by atoms with Crippen molar-refractivity contribution < 1.29 is 28.2 Å². The van der Waals surface area contributed by atoms with Crippen LogP contribution >= 0.6 is 11.3 Å². The van der Waals surface area contributed by atoms with Crippen molar-refractivity contribution in [2.45, 2.75) is 0 Å². The number of esters is 1. The summed E-state index contributed by atoms with van der Waals surface area (Å²) in [5.74, 6) is -1.36. The third-order valence-corrected chi connectivity index (χ3v) is 6.12. The maximum Gasteiger partial charge on any atom is 0.337 e. The summed E-state index contributed by atoms with van der Waals surface area (Å²) in [7, 11) is 2.71. The lowest BCUT2D eigenvalue weighted by Crippen LogP contribution is -2.14. The van der Waals surface area contributed by atoms with Crippen LogP contribution in [-0.4, -0.2) is 37.9 Å². The first-order valence-electron chi connectivity index (χ1n) is 10.9.